The summed E-state index contributed by atoms with van der Waals surface area (Å²) in [4.78, 5) is 24.4. The van der Waals surface area contributed by atoms with Crippen molar-refractivity contribution in [2.45, 2.75) is 283 Å². The van der Waals surface area contributed by atoms with E-state index in [1.165, 1.54) is 186 Å². The number of hydrogen-bond acceptors (Lipinski definition) is 5. The van der Waals surface area contributed by atoms with Crippen molar-refractivity contribution in [3.8, 4) is 0 Å². The molecule has 6 nitrogen and oxygen atoms in total. The Bertz CT molecular complexity index is 832. The molecule has 2 atom stereocenters. The summed E-state index contributed by atoms with van der Waals surface area (Å²) in [5.74, 6) is -0.0579. The molecule has 0 fully saturated rings. The van der Waals surface area contributed by atoms with Crippen LogP contribution in [-0.2, 0) is 14.3 Å². The number of aliphatic hydroxyl groups is 2. The Labute approximate surface area is 349 Å². The van der Waals surface area contributed by atoms with Crippen LogP contribution >= 0.6 is 0 Å². The molecule has 2 unspecified atom stereocenters. The SMILES string of the molecule is CCCCC/C=C\CCCCCCCC(=O)OCCCCCCCCCCCCCCCCC(=O)NC(CO)C(O)CCCCCCCCCCCCCCC. The van der Waals surface area contributed by atoms with Gasteiger partial charge in [0.15, 0.2) is 0 Å². The average molecular weight is 792 g/mol. The predicted octanol–water partition coefficient (Wildman–Crippen LogP) is 14.6. The number of carbonyl (C=O) groups excluding carboxylic acids is 2. The molecule has 0 saturated heterocycles. The second-order valence-corrected chi connectivity index (χ2v) is 17.1. The van der Waals surface area contributed by atoms with Gasteiger partial charge in [-0.1, -0.05) is 219 Å². The van der Waals surface area contributed by atoms with Crippen LogP contribution in [0.5, 0.6) is 0 Å². The smallest absolute Gasteiger partial charge is 0.305 e. The molecular weight excluding hydrogens is 695 g/mol. The highest BCUT2D eigenvalue weighted by molar-refractivity contribution is 5.76. The number of rotatable bonds is 46. The summed E-state index contributed by atoms with van der Waals surface area (Å²) >= 11 is 0. The number of allylic oxidation sites excluding steroid dienone is 2. The highest BCUT2D eigenvalue weighted by atomic mass is 16.5. The largest absolute Gasteiger partial charge is 0.466 e. The summed E-state index contributed by atoms with van der Waals surface area (Å²) in [5.41, 5.74) is 0. The molecule has 0 aromatic carbocycles. The van der Waals surface area contributed by atoms with E-state index in [4.69, 9.17) is 4.74 Å². The molecule has 56 heavy (non-hydrogen) atoms. The van der Waals surface area contributed by atoms with Gasteiger partial charge in [0.1, 0.15) is 0 Å². The molecule has 0 saturated carbocycles. The van der Waals surface area contributed by atoms with Crippen LogP contribution < -0.4 is 5.32 Å². The quantitative estimate of drug-likeness (QED) is 0.0324. The summed E-state index contributed by atoms with van der Waals surface area (Å²) in [7, 11) is 0. The Hall–Kier alpha value is -1.40. The lowest BCUT2D eigenvalue weighted by molar-refractivity contribution is -0.143. The Morgan fingerprint density at radius 2 is 0.839 bits per heavy atom. The fraction of sp³-hybridized carbons (Fsp3) is 0.920. The molecule has 0 heterocycles. The van der Waals surface area contributed by atoms with Gasteiger partial charge in [-0.25, -0.2) is 0 Å². The van der Waals surface area contributed by atoms with Gasteiger partial charge in [-0.3, -0.25) is 9.59 Å². The number of nitrogens with one attached hydrogen (secondary N) is 1. The number of hydrogen-bond donors (Lipinski definition) is 3. The van der Waals surface area contributed by atoms with Crippen molar-refractivity contribution >= 4 is 11.9 Å². The molecule has 0 aromatic rings. The van der Waals surface area contributed by atoms with Crippen molar-refractivity contribution in [2.75, 3.05) is 13.2 Å². The van der Waals surface area contributed by atoms with Crippen molar-refractivity contribution < 1.29 is 24.5 Å². The van der Waals surface area contributed by atoms with E-state index in [9.17, 15) is 19.8 Å². The average Bonchev–Trinajstić information content (AvgIpc) is 3.20. The lowest BCUT2D eigenvalue weighted by Gasteiger charge is -2.22. The van der Waals surface area contributed by atoms with Crippen LogP contribution in [0.3, 0.4) is 0 Å². The first kappa shape index (κ1) is 54.6. The fourth-order valence-electron chi connectivity index (χ4n) is 7.69. The molecule has 0 aliphatic carbocycles. The van der Waals surface area contributed by atoms with E-state index in [2.05, 4.69) is 31.3 Å². The summed E-state index contributed by atoms with van der Waals surface area (Å²) in [6.07, 6.45) is 51.7. The maximum absolute atomic E-state index is 12.4. The third-order valence-electron chi connectivity index (χ3n) is 11.6. The highest BCUT2D eigenvalue weighted by Gasteiger charge is 2.20. The van der Waals surface area contributed by atoms with Crippen LogP contribution in [0.15, 0.2) is 12.2 Å². The third kappa shape index (κ3) is 42.2. The maximum atomic E-state index is 12.4. The lowest BCUT2D eigenvalue weighted by Crippen LogP contribution is -2.45. The first-order chi connectivity index (χ1) is 27.5. The Kier molecular flexibility index (Phi) is 45.1. The number of aliphatic hydroxyl groups excluding tert-OH is 2. The van der Waals surface area contributed by atoms with E-state index in [-0.39, 0.29) is 18.5 Å². The van der Waals surface area contributed by atoms with Crippen molar-refractivity contribution in [2.24, 2.45) is 0 Å². The monoisotopic (exact) mass is 792 g/mol. The first-order valence-corrected chi connectivity index (χ1v) is 24.9. The number of ether oxygens (including phenoxy) is 1. The fourth-order valence-corrected chi connectivity index (χ4v) is 7.69. The van der Waals surface area contributed by atoms with E-state index >= 15 is 0 Å². The van der Waals surface area contributed by atoms with E-state index in [1.54, 1.807) is 0 Å². The van der Waals surface area contributed by atoms with Gasteiger partial charge in [0.2, 0.25) is 5.91 Å². The number of unbranched alkanes of at least 4 members (excludes halogenated alkanes) is 33. The molecule has 3 N–H and O–H groups in total. The summed E-state index contributed by atoms with van der Waals surface area (Å²) in [6.45, 7) is 4.90. The third-order valence-corrected chi connectivity index (χ3v) is 11.6. The maximum Gasteiger partial charge on any atom is 0.305 e. The summed E-state index contributed by atoms with van der Waals surface area (Å²) < 4.78 is 5.44. The molecular formula is C50H97NO5. The molecule has 0 bridgehead atoms. The molecule has 0 aliphatic heterocycles. The number of carbonyl (C=O) groups is 2. The van der Waals surface area contributed by atoms with Crippen molar-refractivity contribution in [1.82, 2.24) is 5.32 Å². The summed E-state index contributed by atoms with van der Waals surface area (Å²) in [6, 6.07) is -0.548. The minimum atomic E-state index is -0.669. The summed E-state index contributed by atoms with van der Waals surface area (Å²) in [5, 5.41) is 23.2. The molecule has 0 radical (unpaired) electrons. The lowest BCUT2D eigenvalue weighted by atomic mass is 10.0. The molecule has 1 amide bonds. The van der Waals surface area contributed by atoms with Crippen LogP contribution in [0.2, 0.25) is 0 Å². The predicted molar refractivity (Wildman–Crippen MR) is 241 cm³/mol. The van der Waals surface area contributed by atoms with Gasteiger partial charge in [-0.05, 0) is 51.4 Å². The minimum Gasteiger partial charge on any atom is -0.466 e. The van der Waals surface area contributed by atoms with E-state index in [1.807, 2.05) is 0 Å². The van der Waals surface area contributed by atoms with E-state index in [0.29, 0.717) is 25.9 Å². The zero-order chi connectivity index (χ0) is 40.8. The number of amides is 1. The second-order valence-electron chi connectivity index (χ2n) is 17.1. The molecule has 0 aromatic heterocycles. The Morgan fingerprint density at radius 3 is 1.30 bits per heavy atom. The van der Waals surface area contributed by atoms with Gasteiger partial charge in [-0.2, -0.15) is 0 Å². The Morgan fingerprint density at radius 1 is 0.482 bits per heavy atom. The van der Waals surface area contributed by atoms with Crippen LogP contribution in [0.1, 0.15) is 271 Å². The molecule has 332 valence electrons. The number of esters is 1. The molecule has 0 aliphatic rings. The zero-order valence-electron chi connectivity index (χ0n) is 37.6. The minimum absolute atomic E-state index is 0.0123. The van der Waals surface area contributed by atoms with Gasteiger partial charge in [0.05, 0.1) is 25.4 Å². The van der Waals surface area contributed by atoms with Crippen LogP contribution in [0.4, 0.5) is 0 Å². The van der Waals surface area contributed by atoms with Crippen LogP contribution in [-0.4, -0.2) is 47.4 Å². The van der Waals surface area contributed by atoms with Gasteiger partial charge in [0.25, 0.3) is 0 Å². The molecule has 0 spiro atoms. The van der Waals surface area contributed by atoms with Crippen LogP contribution in [0.25, 0.3) is 0 Å². The van der Waals surface area contributed by atoms with Gasteiger partial charge in [-0.15, -0.1) is 0 Å². The van der Waals surface area contributed by atoms with Gasteiger partial charge >= 0.3 is 5.97 Å². The second kappa shape index (κ2) is 46.3. The van der Waals surface area contributed by atoms with Gasteiger partial charge < -0.3 is 20.3 Å². The Balaban J connectivity index is 3.44. The van der Waals surface area contributed by atoms with Crippen LogP contribution in [0, 0.1) is 0 Å². The highest BCUT2D eigenvalue weighted by Crippen LogP contribution is 2.16. The van der Waals surface area contributed by atoms with Gasteiger partial charge in [0, 0.05) is 12.8 Å². The molecule has 0 rings (SSSR count). The topological polar surface area (TPSA) is 95.9 Å². The normalized spacial score (nSPS) is 12.7. The van der Waals surface area contributed by atoms with Crippen molar-refractivity contribution in [3.05, 3.63) is 12.2 Å². The van der Waals surface area contributed by atoms with E-state index in [0.717, 1.165) is 51.4 Å². The van der Waals surface area contributed by atoms with Crippen molar-refractivity contribution in [3.63, 3.8) is 0 Å². The van der Waals surface area contributed by atoms with E-state index < -0.39 is 12.1 Å². The first-order valence-electron chi connectivity index (χ1n) is 24.9. The standard InChI is InChI=1S/C50H97NO5/c1-3-5-7-9-11-13-15-19-22-26-30-34-38-42-48(53)47(46-52)51-49(54)43-39-35-31-27-23-20-17-18-21-25-29-33-37-41-45-56-50(55)44-40-36-32-28-24-16-14-12-10-8-6-4-2/h12,14,47-48,52-53H,3-11,13,15-46H2,1-2H3,(H,51,54)/b14-12-. The molecule has 6 heteroatoms. The zero-order valence-corrected chi connectivity index (χ0v) is 37.6. The van der Waals surface area contributed by atoms with Crippen molar-refractivity contribution in [1.29, 1.82) is 0 Å².